The average Bonchev–Trinajstić information content (AvgIpc) is 2.47. The van der Waals surface area contributed by atoms with E-state index in [1.165, 1.54) is 24.4 Å². The molecular weight excluding hydrogens is 306 g/mol. The van der Waals surface area contributed by atoms with Crippen LogP contribution in [0.15, 0.2) is 58.5 Å². The highest BCUT2D eigenvalue weighted by Gasteiger charge is 2.16. The van der Waals surface area contributed by atoms with E-state index in [0.717, 1.165) is 17.2 Å². The normalized spacial score (nSPS) is 11.5. The Hall–Kier alpha value is -2.74. The fourth-order valence-corrected chi connectivity index (χ4v) is 2.57. The van der Waals surface area contributed by atoms with Crippen molar-refractivity contribution < 1.29 is 13.3 Å². The van der Waals surface area contributed by atoms with E-state index in [4.69, 9.17) is 0 Å². The van der Waals surface area contributed by atoms with E-state index in [1.807, 2.05) is 30.0 Å². The van der Waals surface area contributed by atoms with Crippen LogP contribution in [-0.4, -0.2) is 19.6 Å². The van der Waals surface area contributed by atoms with Crippen molar-refractivity contribution in [2.75, 3.05) is 0 Å². The van der Waals surface area contributed by atoms with E-state index < -0.39 is 14.9 Å². The van der Waals surface area contributed by atoms with Crippen molar-refractivity contribution in [3.63, 3.8) is 0 Å². The molecular formula is C14H13N3O4S. The first-order valence-electron chi connectivity index (χ1n) is 6.24. The molecule has 0 saturated heterocycles. The molecule has 2 rings (SSSR count). The molecule has 7 nitrogen and oxygen atoms in total. The van der Waals surface area contributed by atoms with Gasteiger partial charge in [-0.1, -0.05) is 35.9 Å². The number of non-ortho nitro benzene ring substituents is 1. The molecule has 114 valence electrons. The fourth-order valence-electron chi connectivity index (χ4n) is 1.74. The summed E-state index contributed by atoms with van der Waals surface area (Å²) in [5.41, 5.74) is 1.46. The zero-order valence-corrected chi connectivity index (χ0v) is 12.4. The van der Waals surface area contributed by atoms with Gasteiger partial charge in [-0.3, -0.25) is 10.1 Å². The van der Waals surface area contributed by atoms with Gasteiger partial charge < -0.3 is 0 Å². The van der Waals surface area contributed by atoms with Crippen LogP contribution >= 0.6 is 0 Å². The van der Waals surface area contributed by atoms with E-state index in [9.17, 15) is 18.5 Å². The van der Waals surface area contributed by atoms with Crippen molar-refractivity contribution in [3.8, 4) is 0 Å². The van der Waals surface area contributed by atoms with Gasteiger partial charge >= 0.3 is 0 Å². The Bertz CT molecular complexity index is 831. The SMILES string of the molecule is Cc1cccc(/C=N/NS(=O)(=O)c2cccc([N+](=O)[O-])c2)c1. The largest absolute Gasteiger partial charge is 0.276 e. The Balaban J connectivity index is 2.18. The lowest BCUT2D eigenvalue weighted by Crippen LogP contribution is -2.18. The fraction of sp³-hybridized carbons (Fsp3) is 0.0714. The summed E-state index contributed by atoms with van der Waals surface area (Å²) in [7, 11) is -3.95. The number of hydrogen-bond donors (Lipinski definition) is 1. The van der Waals surface area contributed by atoms with Gasteiger partial charge in [-0.05, 0) is 18.6 Å². The predicted octanol–water partition coefficient (Wildman–Crippen LogP) is 2.22. The molecule has 0 aromatic heterocycles. The van der Waals surface area contributed by atoms with Crippen LogP contribution in [0.25, 0.3) is 0 Å². The summed E-state index contributed by atoms with van der Waals surface area (Å²) in [6.45, 7) is 1.91. The Kier molecular flexibility index (Phi) is 4.52. The van der Waals surface area contributed by atoms with E-state index in [-0.39, 0.29) is 10.6 Å². The molecule has 0 radical (unpaired) electrons. The van der Waals surface area contributed by atoms with Crippen LogP contribution in [0.2, 0.25) is 0 Å². The van der Waals surface area contributed by atoms with Gasteiger partial charge in [0.05, 0.1) is 16.0 Å². The van der Waals surface area contributed by atoms with E-state index in [1.54, 1.807) is 6.07 Å². The molecule has 2 aromatic carbocycles. The predicted molar refractivity (Wildman–Crippen MR) is 82.2 cm³/mol. The molecule has 2 aromatic rings. The molecule has 0 spiro atoms. The van der Waals surface area contributed by atoms with Gasteiger partial charge in [0.1, 0.15) is 0 Å². The second kappa shape index (κ2) is 6.35. The van der Waals surface area contributed by atoms with E-state index >= 15 is 0 Å². The van der Waals surface area contributed by atoms with Crippen LogP contribution in [0.5, 0.6) is 0 Å². The molecule has 0 atom stereocenters. The number of hydrogen-bond acceptors (Lipinski definition) is 5. The summed E-state index contributed by atoms with van der Waals surface area (Å²) in [5.74, 6) is 0. The number of nitrogens with one attached hydrogen (secondary N) is 1. The number of aryl methyl sites for hydroxylation is 1. The third-order valence-electron chi connectivity index (χ3n) is 2.77. The zero-order chi connectivity index (χ0) is 16.2. The summed E-state index contributed by atoms with van der Waals surface area (Å²) in [6, 6.07) is 12.1. The Morgan fingerprint density at radius 1 is 1.18 bits per heavy atom. The number of hydrazone groups is 1. The molecule has 0 unspecified atom stereocenters. The van der Waals surface area contributed by atoms with Gasteiger partial charge in [0, 0.05) is 12.1 Å². The molecule has 0 amide bonds. The third-order valence-corrected chi connectivity index (χ3v) is 3.99. The van der Waals surface area contributed by atoms with Crippen molar-refractivity contribution >= 4 is 21.9 Å². The van der Waals surface area contributed by atoms with E-state index in [0.29, 0.717) is 0 Å². The van der Waals surface area contributed by atoms with Crippen LogP contribution in [-0.2, 0) is 10.0 Å². The molecule has 0 bridgehead atoms. The van der Waals surface area contributed by atoms with Gasteiger partial charge in [0.25, 0.3) is 15.7 Å². The van der Waals surface area contributed by atoms with Gasteiger partial charge in [-0.15, -0.1) is 0 Å². The third kappa shape index (κ3) is 3.89. The Morgan fingerprint density at radius 2 is 1.91 bits per heavy atom. The number of rotatable bonds is 5. The first-order valence-corrected chi connectivity index (χ1v) is 7.73. The monoisotopic (exact) mass is 319 g/mol. The van der Waals surface area contributed by atoms with Crippen molar-refractivity contribution in [2.45, 2.75) is 11.8 Å². The highest BCUT2D eigenvalue weighted by Crippen LogP contribution is 2.17. The molecule has 0 saturated carbocycles. The van der Waals surface area contributed by atoms with Gasteiger partial charge in [-0.25, -0.2) is 4.83 Å². The molecule has 0 aliphatic heterocycles. The highest BCUT2D eigenvalue weighted by molar-refractivity contribution is 7.89. The molecule has 0 aliphatic carbocycles. The van der Waals surface area contributed by atoms with Crippen molar-refractivity contribution in [3.05, 3.63) is 69.8 Å². The van der Waals surface area contributed by atoms with Crippen LogP contribution in [0.4, 0.5) is 5.69 Å². The van der Waals surface area contributed by atoms with Crippen LogP contribution in [0, 0.1) is 17.0 Å². The standard InChI is InChI=1S/C14H13N3O4S/c1-11-4-2-5-12(8-11)10-15-16-22(20,21)14-7-3-6-13(9-14)17(18)19/h2-10,16H,1H3/b15-10+. The molecule has 0 aliphatic rings. The maximum atomic E-state index is 12.0. The van der Waals surface area contributed by atoms with Gasteiger partial charge in [-0.2, -0.15) is 13.5 Å². The van der Waals surface area contributed by atoms with Crippen molar-refractivity contribution in [1.82, 2.24) is 4.83 Å². The topological polar surface area (TPSA) is 102 Å². The maximum Gasteiger partial charge on any atom is 0.276 e. The molecule has 0 fully saturated rings. The molecule has 8 heteroatoms. The second-order valence-corrected chi connectivity index (χ2v) is 6.18. The molecule has 22 heavy (non-hydrogen) atoms. The minimum absolute atomic E-state index is 0.219. The van der Waals surface area contributed by atoms with Crippen molar-refractivity contribution in [1.29, 1.82) is 0 Å². The van der Waals surface area contributed by atoms with Crippen LogP contribution < -0.4 is 4.83 Å². The van der Waals surface area contributed by atoms with Crippen LogP contribution in [0.3, 0.4) is 0 Å². The van der Waals surface area contributed by atoms with E-state index in [2.05, 4.69) is 5.10 Å². The lowest BCUT2D eigenvalue weighted by molar-refractivity contribution is -0.385. The number of benzene rings is 2. The minimum atomic E-state index is -3.95. The summed E-state index contributed by atoms with van der Waals surface area (Å²) < 4.78 is 24.0. The summed E-state index contributed by atoms with van der Waals surface area (Å²) >= 11 is 0. The smallest absolute Gasteiger partial charge is 0.258 e. The lowest BCUT2D eigenvalue weighted by atomic mass is 10.2. The maximum absolute atomic E-state index is 12.0. The number of nitrogens with zero attached hydrogens (tertiary/aromatic N) is 2. The molecule has 0 heterocycles. The number of nitro benzene ring substituents is 1. The summed E-state index contributed by atoms with van der Waals surface area (Å²) in [4.78, 5) is 11.8. The van der Waals surface area contributed by atoms with Gasteiger partial charge in [0.2, 0.25) is 0 Å². The van der Waals surface area contributed by atoms with Crippen molar-refractivity contribution in [2.24, 2.45) is 5.10 Å². The highest BCUT2D eigenvalue weighted by atomic mass is 32.2. The summed E-state index contributed by atoms with van der Waals surface area (Å²) in [6.07, 6.45) is 1.36. The average molecular weight is 319 g/mol. The number of sulfonamides is 1. The van der Waals surface area contributed by atoms with Crippen LogP contribution in [0.1, 0.15) is 11.1 Å². The Labute approximate surface area is 127 Å². The zero-order valence-electron chi connectivity index (χ0n) is 11.6. The minimum Gasteiger partial charge on any atom is -0.258 e. The first kappa shape index (κ1) is 15.6. The first-order chi connectivity index (χ1) is 10.4. The quantitative estimate of drug-likeness (QED) is 0.518. The summed E-state index contributed by atoms with van der Waals surface area (Å²) in [5, 5.41) is 14.3. The lowest BCUT2D eigenvalue weighted by Gasteiger charge is -2.03. The molecule has 1 N–H and O–H groups in total. The number of nitro groups is 1. The second-order valence-electron chi connectivity index (χ2n) is 4.52. The van der Waals surface area contributed by atoms with Gasteiger partial charge in [0.15, 0.2) is 0 Å². The Morgan fingerprint density at radius 3 is 2.59 bits per heavy atom.